The zero-order chi connectivity index (χ0) is 24.7. The number of nitrogens with one attached hydrogen (secondary N) is 2. The SMILES string of the molecule is CC(C)(C)C(=O)NCc1ccc(C(=O)CN2C(=O)NC(C)(c3cccc4ccccc34)C2=O)s1. The Morgan fingerprint density at radius 2 is 1.74 bits per heavy atom. The highest BCUT2D eigenvalue weighted by atomic mass is 32.1. The molecule has 34 heavy (non-hydrogen) atoms. The minimum Gasteiger partial charge on any atom is -0.351 e. The molecule has 2 aromatic carbocycles. The van der Waals surface area contributed by atoms with Gasteiger partial charge in [-0.2, -0.15) is 0 Å². The third kappa shape index (κ3) is 4.33. The average molecular weight is 478 g/mol. The quantitative estimate of drug-likeness (QED) is 0.411. The number of Topliss-reactive ketones (excluding diaryl/α,β-unsaturated/α-hetero) is 1. The van der Waals surface area contributed by atoms with Crippen molar-refractivity contribution in [3.63, 3.8) is 0 Å². The number of amides is 4. The van der Waals surface area contributed by atoms with E-state index in [1.54, 1.807) is 19.1 Å². The molecule has 0 aliphatic carbocycles. The van der Waals surface area contributed by atoms with Crippen LogP contribution in [0.2, 0.25) is 0 Å². The monoisotopic (exact) mass is 477 g/mol. The van der Waals surface area contributed by atoms with Crippen LogP contribution in [0, 0.1) is 5.41 Å². The van der Waals surface area contributed by atoms with Crippen molar-refractivity contribution in [2.45, 2.75) is 39.8 Å². The van der Waals surface area contributed by atoms with Crippen molar-refractivity contribution in [1.82, 2.24) is 15.5 Å². The normalized spacial score (nSPS) is 18.3. The Balaban J connectivity index is 1.49. The lowest BCUT2D eigenvalue weighted by Crippen LogP contribution is -2.41. The highest BCUT2D eigenvalue weighted by molar-refractivity contribution is 7.14. The molecule has 4 rings (SSSR count). The molecule has 1 atom stereocenters. The Kier molecular flexibility index (Phi) is 6.03. The smallest absolute Gasteiger partial charge is 0.325 e. The molecule has 8 heteroatoms. The van der Waals surface area contributed by atoms with Gasteiger partial charge in [-0.05, 0) is 35.4 Å². The van der Waals surface area contributed by atoms with Gasteiger partial charge in [0.2, 0.25) is 5.91 Å². The average Bonchev–Trinajstić information content (AvgIpc) is 3.35. The largest absolute Gasteiger partial charge is 0.351 e. The number of rotatable bonds is 6. The van der Waals surface area contributed by atoms with Gasteiger partial charge in [-0.25, -0.2) is 4.79 Å². The van der Waals surface area contributed by atoms with E-state index in [2.05, 4.69) is 10.6 Å². The summed E-state index contributed by atoms with van der Waals surface area (Å²) in [7, 11) is 0. The van der Waals surface area contributed by atoms with Crippen LogP contribution in [0.25, 0.3) is 10.8 Å². The van der Waals surface area contributed by atoms with Crippen molar-refractivity contribution >= 4 is 45.7 Å². The lowest BCUT2D eigenvalue weighted by molar-refractivity contribution is -0.130. The fourth-order valence-electron chi connectivity index (χ4n) is 3.96. The van der Waals surface area contributed by atoms with E-state index < -0.39 is 22.9 Å². The third-order valence-corrected chi connectivity index (χ3v) is 7.07. The second kappa shape index (κ2) is 8.68. The third-order valence-electron chi connectivity index (χ3n) is 5.95. The van der Waals surface area contributed by atoms with Gasteiger partial charge in [0.1, 0.15) is 5.54 Å². The molecule has 4 amide bonds. The first-order valence-corrected chi connectivity index (χ1v) is 11.8. The van der Waals surface area contributed by atoms with Crippen LogP contribution in [-0.4, -0.2) is 35.1 Å². The van der Waals surface area contributed by atoms with Gasteiger partial charge in [-0.15, -0.1) is 11.3 Å². The summed E-state index contributed by atoms with van der Waals surface area (Å²) in [4.78, 5) is 53.3. The summed E-state index contributed by atoms with van der Waals surface area (Å²) < 4.78 is 0. The predicted octanol–water partition coefficient (Wildman–Crippen LogP) is 4.21. The van der Waals surface area contributed by atoms with Crippen LogP contribution in [-0.2, 0) is 21.7 Å². The molecule has 0 radical (unpaired) electrons. The van der Waals surface area contributed by atoms with Crippen molar-refractivity contribution in [1.29, 1.82) is 0 Å². The van der Waals surface area contributed by atoms with Crippen LogP contribution in [0.3, 0.4) is 0 Å². The van der Waals surface area contributed by atoms with E-state index in [0.717, 1.165) is 20.5 Å². The number of imide groups is 1. The number of hydrogen-bond donors (Lipinski definition) is 2. The molecule has 1 aliphatic rings. The highest BCUT2D eigenvalue weighted by Gasteiger charge is 2.50. The van der Waals surface area contributed by atoms with Crippen LogP contribution >= 0.6 is 11.3 Å². The molecule has 2 heterocycles. The molecule has 176 valence electrons. The summed E-state index contributed by atoms with van der Waals surface area (Å²) >= 11 is 1.24. The lowest BCUT2D eigenvalue weighted by atomic mass is 9.88. The number of carbonyl (C=O) groups excluding carboxylic acids is 4. The molecule has 0 spiro atoms. The molecule has 1 unspecified atom stereocenters. The number of hydrogen-bond acceptors (Lipinski definition) is 5. The van der Waals surface area contributed by atoms with Gasteiger partial charge >= 0.3 is 6.03 Å². The lowest BCUT2D eigenvalue weighted by Gasteiger charge is -2.24. The summed E-state index contributed by atoms with van der Waals surface area (Å²) in [6, 6.07) is 16.1. The fourth-order valence-corrected chi connectivity index (χ4v) is 4.84. The topological polar surface area (TPSA) is 95.6 Å². The second-order valence-corrected chi connectivity index (χ2v) is 10.8. The summed E-state index contributed by atoms with van der Waals surface area (Å²) in [5.41, 5.74) is -1.08. The van der Waals surface area contributed by atoms with Crippen LogP contribution in [0.15, 0.2) is 54.6 Å². The van der Waals surface area contributed by atoms with Crippen molar-refractivity contribution in [3.05, 3.63) is 69.9 Å². The van der Waals surface area contributed by atoms with Crippen LogP contribution in [0.5, 0.6) is 0 Å². The number of carbonyl (C=O) groups is 4. The molecule has 0 bridgehead atoms. The minimum absolute atomic E-state index is 0.0826. The molecule has 3 aromatic rings. The van der Waals surface area contributed by atoms with Crippen LogP contribution in [0.1, 0.15) is 47.8 Å². The zero-order valence-corrected chi connectivity index (χ0v) is 20.4. The first-order valence-electron chi connectivity index (χ1n) is 11.0. The van der Waals surface area contributed by atoms with Crippen molar-refractivity contribution in [2.75, 3.05) is 6.54 Å². The number of urea groups is 1. The maximum Gasteiger partial charge on any atom is 0.325 e. The van der Waals surface area contributed by atoms with E-state index in [4.69, 9.17) is 0 Å². The van der Waals surface area contributed by atoms with Gasteiger partial charge in [0, 0.05) is 10.3 Å². The Morgan fingerprint density at radius 1 is 1.03 bits per heavy atom. The summed E-state index contributed by atoms with van der Waals surface area (Å²) in [6.45, 7) is 7.12. The zero-order valence-electron chi connectivity index (χ0n) is 19.6. The first kappa shape index (κ1) is 23.6. The molecule has 1 aliphatic heterocycles. The van der Waals surface area contributed by atoms with E-state index in [0.29, 0.717) is 17.0 Å². The second-order valence-electron chi connectivity index (χ2n) is 9.59. The maximum atomic E-state index is 13.4. The highest BCUT2D eigenvalue weighted by Crippen LogP contribution is 2.34. The van der Waals surface area contributed by atoms with Gasteiger partial charge < -0.3 is 10.6 Å². The number of fused-ring (bicyclic) bond motifs is 1. The van der Waals surface area contributed by atoms with E-state index in [9.17, 15) is 19.2 Å². The van der Waals surface area contributed by atoms with Crippen LogP contribution < -0.4 is 10.6 Å². The maximum absolute atomic E-state index is 13.4. The Morgan fingerprint density at radius 3 is 2.47 bits per heavy atom. The van der Waals surface area contributed by atoms with E-state index in [-0.39, 0.29) is 18.2 Å². The Bertz CT molecular complexity index is 1300. The van der Waals surface area contributed by atoms with Gasteiger partial charge in [0.15, 0.2) is 5.78 Å². The standard InChI is InChI=1S/C26H27N3O4S/c1-25(2,3)22(31)27-14-17-12-13-21(34-17)20(30)15-29-23(32)26(4,28-24(29)33)19-11-7-9-16-8-5-6-10-18(16)19/h5-13H,14-15H2,1-4H3,(H,27,31)(H,28,33). The summed E-state index contributed by atoms with van der Waals surface area (Å²) in [5, 5.41) is 7.47. The van der Waals surface area contributed by atoms with Crippen LogP contribution in [0.4, 0.5) is 4.79 Å². The molecular weight excluding hydrogens is 450 g/mol. The number of benzene rings is 2. The minimum atomic E-state index is -1.27. The number of nitrogens with zero attached hydrogens (tertiary/aromatic N) is 1. The molecule has 0 saturated carbocycles. The molecular formula is C26H27N3O4S. The van der Waals surface area contributed by atoms with E-state index in [1.807, 2.05) is 63.2 Å². The van der Waals surface area contributed by atoms with Crippen molar-refractivity contribution in [3.8, 4) is 0 Å². The Labute approximate surface area is 202 Å². The van der Waals surface area contributed by atoms with Gasteiger partial charge in [-0.1, -0.05) is 63.2 Å². The molecule has 1 fully saturated rings. The number of thiophene rings is 1. The van der Waals surface area contributed by atoms with Gasteiger partial charge in [0.05, 0.1) is 18.0 Å². The van der Waals surface area contributed by atoms with E-state index in [1.165, 1.54) is 11.3 Å². The summed E-state index contributed by atoms with van der Waals surface area (Å²) in [5.74, 6) is -0.874. The Hall–Kier alpha value is -3.52. The van der Waals surface area contributed by atoms with Crippen molar-refractivity contribution in [2.24, 2.45) is 5.41 Å². The summed E-state index contributed by atoms with van der Waals surface area (Å²) in [6.07, 6.45) is 0. The van der Waals surface area contributed by atoms with Crippen molar-refractivity contribution < 1.29 is 19.2 Å². The number of ketones is 1. The first-order chi connectivity index (χ1) is 16.0. The van der Waals surface area contributed by atoms with Gasteiger partial charge in [0.25, 0.3) is 5.91 Å². The fraction of sp³-hybridized carbons (Fsp3) is 0.308. The molecule has 1 aromatic heterocycles. The molecule has 1 saturated heterocycles. The predicted molar refractivity (Wildman–Crippen MR) is 131 cm³/mol. The van der Waals surface area contributed by atoms with E-state index >= 15 is 0 Å². The molecule has 7 nitrogen and oxygen atoms in total. The molecule has 2 N–H and O–H groups in total. The van der Waals surface area contributed by atoms with Gasteiger partial charge in [-0.3, -0.25) is 19.3 Å².